The summed E-state index contributed by atoms with van der Waals surface area (Å²) in [5, 5.41) is 0. The van der Waals surface area contributed by atoms with Crippen LogP contribution in [0.3, 0.4) is 0 Å². The Hall–Kier alpha value is -0.310. The van der Waals surface area contributed by atoms with Gasteiger partial charge in [-0.05, 0) is 51.0 Å². The van der Waals surface area contributed by atoms with Gasteiger partial charge in [-0.3, -0.25) is 0 Å². The molecule has 1 rings (SSSR count). The van der Waals surface area contributed by atoms with Crippen molar-refractivity contribution in [2.75, 3.05) is 0 Å². The summed E-state index contributed by atoms with van der Waals surface area (Å²) in [6.07, 6.45) is 1.16. The smallest absolute Gasteiger partial charge is 0.122 e. The summed E-state index contributed by atoms with van der Waals surface area (Å²) in [6, 6.07) is 0. The first-order valence-corrected chi connectivity index (χ1v) is 7.06. The molecule has 0 radical (unpaired) electrons. The van der Waals surface area contributed by atoms with Crippen LogP contribution in [0.15, 0.2) is 11.3 Å². The van der Waals surface area contributed by atoms with E-state index in [9.17, 15) is 4.21 Å². The van der Waals surface area contributed by atoms with E-state index in [2.05, 4.69) is 25.5 Å². The van der Waals surface area contributed by atoms with Gasteiger partial charge in [0.2, 0.25) is 0 Å². The number of rotatable bonds is 2. The van der Waals surface area contributed by atoms with Crippen molar-refractivity contribution in [3.8, 4) is 0 Å². The highest BCUT2D eigenvalue weighted by atomic mass is 32.2. The summed E-state index contributed by atoms with van der Waals surface area (Å²) in [7, 11) is -0.998. The SMILES string of the molecule is C/C(NS(=O)C(C)(C)C)=C1\C[C@@H]1C(C)(C)C. The van der Waals surface area contributed by atoms with Gasteiger partial charge in [-0.15, -0.1) is 0 Å². The molecule has 0 heterocycles. The van der Waals surface area contributed by atoms with Crippen LogP contribution in [-0.2, 0) is 11.0 Å². The molecule has 0 spiro atoms. The maximum atomic E-state index is 11.9. The summed E-state index contributed by atoms with van der Waals surface area (Å²) in [4.78, 5) is 0. The third-order valence-corrected chi connectivity index (χ3v) is 4.62. The largest absolute Gasteiger partial charge is 0.309 e. The highest BCUT2D eigenvalue weighted by Crippen LogP contribution is 2.51. The van der Waals surface area contributed by atoms with Gasteiger partial charge in [0, 0.05) is 5.70 Å². The molecule has 1 fully saturated rings. The zero-order chi connectivity index (χ0) is 12.7. The number of nitrogens with one attached hydrogen (secondary N) is 1. The van der Waals surface area contributed by atoms with E-state index in [0.29, 0.717) is 11.3 Å². The van der Waals surface area contributed by atoms with Crippen LogP contribution in [0.5, 0.6) is 0 Å². The quantitative estimate of drug-likeness (QED) is 0.791. The van der Waals surface area contributed by atoms with Crippen LogP contribution in [0.25, 0.3) is 0 Å². The molecule has 0 bridgehead atoms. The Morgan fingerprint density at radius 2 is 1.75 bits per heavy atom. The standard InChI is InChI=1S/C13H25NOS/c1-9(14-16(15)13(5,6)7)10-8-11(10)12(2,3)4/h11,14H,8H2,1-7H3/b10-9-/t11-,16?/m0/s1. The van der Waals surface area contributed by atoms with Gasteiger partial charge in [-0.2, -0.15) is 0 Å². The maximum Gasteiger partial charge on any atom is 0.122 e. The van der Waals surface area contributed by atoms with E-state index in [1.807, 2.05) is 27.7 Å². The van der Waals surface area contributed by atoms with Gasteiger partial charge in [0.1, 0.15) is 11.0 Å². The molecule has 0 aromatic carbocycles. The van der Waals surface area contributed by atoms with Gasteiger partial charge in [-0.25, -0.2) is 4.21 Å². The van der Waals surface area contributed by atoms with E-state index in [4.69, 9.17) is 0 Å². The zero-order valence-corrected chi connectivity index (χ0v) is 12.4. The molecule has 0 aromatic heterocycles. The fraction of sp³-hybridized carbons (Fsp3) is 0.846. The van der Waals surface area contributed by atoms with Crippen molar-refractivity contribution in [1.82, 2.24) is 4.72 Å². The van der Waals surface area contributed by atoms with Gasteiger partial charge in [-0.1, -0.05) is 20.8 Å². The molecule has 0 saturated heterocycles. The Morgan fingerprint density at radius 1 is 1.25 bits per heavy atom. The lowest BCUT2D eigenvalue weighted by atomic mass is 9.90. The van der Waals surface area contributed by atoms with Crippen molar-refractivity contribution in [3.63, 3.8) is 0 Å². The van der Waals surface area contributed by atoms with Crippen molar-refractivity contribution in [2.24, 2.45) is 11.3 Å². The average Bonchev–Trinajstić information content (AvgIpc) is 2.78. The maximum absolute atomic E-state index is 11.9. The predicted molar refractivity (Wildman–Crippen MR) is 71.3 cm³/mol. The van der Waals surface area contributed by atoms with Gasteiger partial charge in [0.05, 0.1) is 4.75 Å². The second-order valence-electron chi connectivity index (χ2n) is 6.76. The van der Waals surface area contributed by atoms with Crippen LogP contribution in [0.4, 0.5) is 0 Å². The molecule has 1 aliphatic rings. The fourth-order valence-electron chi connectivity index (χ4n) is 1.76. The lowest BCUT2D eigenvalue weighted by Crippen LogP contribution is -2.32. The van der Waals surface area contributed by atoms with Gasteiger partial charge in [0.25, 0.3) is 0 Å². The van der Waals surface area contributed by atoms with Crippen LogP contribution >= 0.6 is 0 Å². The molecule has 2 nitrogen and oxygen atoms in total. The highest BCUT2D eigenvalue weighted by Gasteiger charge is 2.41. The van der Waals surface area contributed by atoms with E-state index in [1.54, 1.807) is 0 Å². The second-order valence-corrected chi connectivity index (χ2v) is 8.72. The topological polar surface area (TPSA) is 29.1 Å². The molecule has 1 unspecified atom stereocenters. The molecule has 1 N–H and O–H groups in total. The first kappa shape index (κ1) is 13.8. The normalized spacial score (nSPS) is 26.3. The Labute approximate surface area is 102 Å². The van der Waals surface area contributed by atoms with Crippen molar-refractivity contribution in [2.45, 2.75) is 59.6 Å². The molecule has 1 saturated carbocycles. The minimum absolute atomic E-state index is 0.200. The molecule has 0 aliphatic heterocycles. The summed E-state index contributed by atoms with van der Waals surface area (Å²) in [5.41, 5.74) is 2.90. The van der Waals surface area contributed by atoms with E-state index < -0.39 is 11.0 Å². The van der Waals surface area contributed by atoms with E-state index in [0.717, 1.165) is 12.1 Å². The van der Waals surface area contributed by atoms with E-state index >= 15 is 0 Å². The van der Waals surface area contributed by atoms with Gasteiger partial charge >= 0.3 is 0 Å². The molecule has 3 heteroatoms. The number of allylic oxidation sites excluding steroid dienone is 2. The van der Waals surface area contributed by atoms with Crippen LogP contribution in [0.2, 0.25) is 0 Å². The fourth-order valence-corrected chi connectivity index (χ4v) is 2.48. The molecule has 94 valence electrons. The Bertz CT molecular complexity index is 331. The van der Waals surface area contributed by atoms with E-state index in [1.165, 1.54) is 5.57 Å². The molecular formula is C13H25NOS. The first-order chi connectivity index (χ1) is 7.03. The molecule has 1 aliphatic carbocycles. The number of hydrogen-bond acceptors (Lipinski definition) is 1. The third kappa shape index (κ3) is 3.34. The minimum atomic E-state index is -0.998. The van der Waals surface area contributed by atoms with Crippen LogP contribution in [-0.4, -0.2) is 8.96 Å². The summed E-state index contributed by atoms with van der Waals surface area (Å²) < 4.78 is 14.9. The van der Waals surface area contributed by atoms with Gasteiger partial charge in [0.15, 0.2) is 0 Å². The van der Waals surface area contributed by atoms with Gasteiger partial charge < -0.3 is 4.72 Å². The summed E-state index contributed by atoms with van der Waals surface area (Å²) >= 11 is 0. The van der Waals surface area contributed by atoms with Crippen LogP contribution in [0.1, 0.15) is 54.9 Å². The molecule has 2 atom stereocenters. The monoisotopic (exact) mass is 243 g/mol. The van der Waals surface area contributed by atoms with Crippen LogP contribution < -0.4 is 4.72 Å². The Balaban J connectivity index is 2.66. The number of hydrogen-bond donors (Lipinski definition) is 1. The minimum Gasteiger partial charge on any atom is -0.309 e. The molecule has 0 aromatic rings. The third-order valence-electron chi connectivity index (χ3n) is 3.01. The molecule has 16 heavy (non-hydrogen) atoms. The average molecular weight is 243 g/mol. The Kier molecular flexibility index (Phi) is 3.59. The summed E-state index contributed by atoms with van der Waals surface area (Å²) in [5.74, 6) is 0.664. The molecular weight excluding hydrogens is 218 g/mol. The van der Waals surface area contributed by atoms with Crippen LogP contribution in [0, 0.1) is 11.3 Å². The highest BCUT2D eigenvalue weighted by molar-refractivity contribution is 7.84. The molecule has 0 amide bonds. The van der Waals surface area contributed by atoms with E-state index in [-0.39, 0.29) is 4.75 Å². The summed E-state index contributed by atoms with van der Waals surface area (Å²) in [6.45, 7) is 14.8. The first-order valence-electron chi connectivity index (χ1n) is 5.91. The van der Waals surface area contributed by atoms with Crippen molar-refractivity contribution < 1.29 is 4.21 Å². The predicted octanol–water partition coefficient (Wildman–Crippen LogP) is 3.38. The Morgan fingerprint density at radius 3 is 2.06 bits per heavy atom. The second kappa shape index (κ2) is 4.17. The lowest BCUT2D eigenvalue weighted by Gasteiger charge is -2.20. The lowest BCUT2D eigenvalue weighted by molar-refractivity contribution is 0.362. The van der Waals surface area contributed by atoms with Crippen molar-refractivity contribution >= 4 is 11.0 Å². The van der Waals surface area contributed by atoms with Crippen molar-refractivity contribution in [1.29, 1.82) is 0 Å². The zero-order valence-electron chi connectivity index (χ0n) is 11.6. The van der Waals surface area contributed by atoms with Crippen molar-refractivity contribution in [3.05, 3.63) is 11.3 Å².